The average molecular weight is 393 g/mol. The molecule has 29 heavy (non-hydrogen) atoms. The van der Waals surface area contributed by atoms with Crippen molar-refractivity contribution in [1.82, 2.24) is 14.8 Å². The summed E-state index contributed by atoms with van der Waals surface area (Å²) in [6.45, 7) is 1.16. The van der Waals surface area contributed by atoms with E-state index < -0.39 is 17.7 Å². The lowest BCUT2D eigenvalue weighted by Crippen LogP contribution is -2.32. The van der Waals surface area contributed by atoms with Crippen LogP contribution in [0.2, 0.25) is 0 Å². The number of aromatic nitrogens is 1. The minimum atomic E-state index is -0.749. The molecule has 1 atom stereocenters. The number of carbonyl (C=O) groups excluding carboxylic acids is 2. The lowest BCUT2D eigenvalue weighted by atomic mass is 9.99. The van der Waals surface area contributed by atoms with E-state index in [1.807, 2.05) is 43.3 Å². The third-order valence-corrected chi connectivity index (χ3v) is 5.20. The molecule has 3 heterocycles. The molecule has 1 saturated heterocycles. The fraction of sp³-hybridized carbons (Fsp3) is 0.273. The van der Waals surface area contributed by atoms with Crippen molar-refractivity contribution < 1.29 is 19.1 Å². The fourth-order valence-electron chi connectivity index (χ4n) is 3.82. The maximum Gasteiger partial charge on any atom is 0.295 e. The molecule has 7 nitrogen and oxygen atoms in total. The molecule has 0 radical (unpaired) electrons. The maximum absolute atomic E-state index is 12.9. The van der Waals surface area contributed by atoms with Crippen molar-refractivity contribution in [2.45, 2.75) is 12.5 Å². The largest absolute Gasteiger partial charge is 0.507 e. The Morgan fingerprint density at radius 2 is 2.00 bits per heavy atom. The van der Waals surface area contributed by atoms with E-state index in [0.29, 0.717) is 24.3 Å². The number of aliphatic hydroxyl groups is 1. The highest BCUT2D eigenvalue weighted by Gasteiger charge is 2.47. The zero-order valence-corrected chi connectivity index (χ0v) is 16.4. The molecule has 150 valence electrons. The standard InChI is InChI=1S/C22H23N3O4/c1-24(2)10-6-11-25-19(17-9-5-12-29-17)18(21(27)22(25)28)20(26)15-13-23-16-8-4-3-7-14(15)16/h3-5,7-9,12-13,19,23,26H,6,10-11H2,1-2H3/b20-18+/t19-/m0/s1. The highest BCUT2D eigenvalue weighted by molar-refractivity contribution is 6.46. The zero-order chi connectivity index (χ0) is 20.5. The molecule has 2 aromatic heterocycles. The monoisotopic (exact) mass is 393 g/mol. The number of aliphatic hydroxyl groups excluding tert-OH is 1. The van der Waals surface area contributed by atoms with Gasteiger partial charge in [0.1, 0.15) is 17.6 Å². The minimum Gasteiger partial charge on any atom is -0.507 e. The lowest BCUT2D eigenvalue weighted by molar-refractivity contribution is -0.140. The summed E-state index contributed by atoms with van der Waals surface area (Å²) in [4.78, 5) is 32.3. The second-order valence-corrected chi connectivity index (χ2v) is 7.41. The predicted octanol–water partition coefficient (Wildman–Crippen LogP) is 3.13. The van der Waals surface area contributed by atoms with E-state index in [2.05, 4.69) is 4.98 Å². The quantitative estimate of drug-likeness (QED) is 0.382. The Labute approximate surface area is 168 Å². The molecule has 7 heteroatoms. The summed E-state index contributed by atoms with van der Waals surface area (Å²) in [5, 5.41) is 11.9. The van der Waals surface area contributed by atoms with E-state index in [0.717, 1.165) is 17.4 Å². The number of benzene rings is 1. The van der Waals surface area contributed by atoms with Gasteiger partial charge >= 0.3 is 0 Å². The van der Waals surface area contributed by atoms with Gasteiger partial charge in [0.25, 0.3) is 11.7 Å². The van der Waals surface area contributed by atoms with Crippen LogP contribution in [-0.4, -0.2) is 58.8 Å². The van der Waals surface area contributed by atoms with E-state index >= 15 is 0 Å². The van der Waals surface area contributed by atoms with Crippen LogP contribution in [0.25, 0.3) is 16.7 Å². The van der Waals surface area contributed by atoms with Gasteiger partial charge in [-0.15, -0.1) is 0 Å². The zero-order valence-electron chi connectivity index (χ0n) is 16.4. The third kappa shape index (κ3) is 3.34. The molecule has 0 spiro atoms. The van der Waals surface area contributed by atoms with Gasteiger partial charge in [0.15, 0.2) is 0 Å². The van der Waals surface area contributed by atoms with Crippen LogP contribution < -0.4 is 0 Å². The van der Waals surface area contributed by atoms with Crippen LogP contribution in [-0.2, 0) is 9.59 Å². The van der Waals surface area contributed by atoms with Crippen molar-refractivity contribution in [3.05, 3.63) is 65.8 Å². The number of rotatable bonds is 6. The molecule has 1 aromatic carbocycles. The summed E-state index contributed by atoms with van der Waals surface area (Å²) in [7, 11) is 3.91. The van der Waals surface area contributed by atoms with Crippen molar-refractivity contribution in [2.75, 3.05) is 27.2 Å². The van der Waals surface area contributed by atoms with E-state index in [1.54, 1.807) is 18.3 Å². The number of aromatic amines is 1. The summed E-state index contributed by atoms with van der Waals surface area (Å²) in [6, 6.07) is 10.2. The number of amides is 1. The van der Waals surface area contributed by atoms with Gasteiger partial charge < -0.3 is 24.3 Å². The fourth-order valence-corrected chi connectivity index (χ4v) is 3.82. The summed E-state index contributed by atoms with van der Waals surface area (Å²) < 4.78 is 5.55. The van der Waals surface area contributed by atoms with Crippen LogP contribution in [0, 0.1) is 0 Å². The first-order valence-electron chi connectivity index (χ1n) is 9.52. The molecule has 0 bridgehead atoms. The Balaban J connectivity index is 1.81. The van der Waals surface area contributed by atoms with Crippen LogP contribution in [0.4, 0.5) is 0 Å². The summed E-state index contributed by atoms with van der Waals surface area (Å²) in [6.07, 6.45) is 3.85. The number of fused-ring (bicyclic) bond motifs is 1. The minimum absolute atomic E-state index is 0.0551. The van der Waals surface area contributed by atoms with E-state index in [9.17, 15) is 14.7 Å². The Kier molecular flexibility index (Phi) is 4.98. The van der Waals surface area contributed by atoms with Gasteiger partial charge in [0, 0.05) is 29.2 Å². The first-order valence-corrected chi connectivity index (χ1v) is 9.52. The first kappa shape index (κ1) is 19.0. The second-order valence-electron chi connectivity index (χ2n) is 7.41. The molecule has 1 aliphatic heterocycles. The Bertz CT molecular complexity index is 1080. The molecule has 0 saturated carbocycles. The number of nitrogens with one attached hydrogen (secondary N) is 1. The smallest absolute Gasteiger partial charge is 0.295 e. The molecule has 3 aromatic rings. The van der Waals surface area contributed by atoms with E-state index in [4.69, 9.17) is 4.42 Å². The molecular formula is C22H23N3O4. The normalized spacial score (nSPS) is 19.0. The molecule has 0 aliphatic carbocycles. The number of nitrogens with zero attached hydrogens (tertiary/aromatic N) is 2. The Morgan fingerprint density at radius 1 is 1.21 bits per heavy atom. The van der Waals surface area contributed by atoms with Gasteiger partial charge in [-0.05, 0) is 45.3 Å². The predicted molar refractivity (Wildman–Crippen MR) is 109 cm³/mol. The van der Waals surface area contributed by atoms with Gasteiger partial charge in [-0.25, -0.2) is 0 Å². The molecule has 4 rings (SSSR count). The number of carbonyl (C=O) groups is 2. The molecule has 1 amide bonds. The maximum atomic E-state index is 12.9. The van der Waals surface area contributed by atoms with Gasteiger partial charge in [0.05, 0.1) is 11.8 Å². The van der Waals surface area contributed by atoms with E-state index in [-0.39, 0.29) is 11.3 Å². The number of hydrogen-bond acceptors (Lipinski definition) is 5. The highest BCUT2D eigenvalue weighted by atomic mass is 16.3. The van der Waals surface area contributed by atoms with Crippen LogP contribution in [0.1, 0.15) is 23.8 Å². The van der Waals surface area contributed by atoms with Crippen LogP contribution in [0.15, 0.2) is 58.8 Å². The number of H-pyrrole nitrogens is 1. The number of para-hydroxylation sites is 1. The van der Waals surface area contributed by atoms with Crippen LogP contribution >= 0.6 is 0 Å². The third-order valence-electron chi connectivity index (χ3n) is 5.20. The summed E-state index contributed by atoms with van der Waals surface area (Å²) in [5.41, 5.74) is 1.38. The van der Waals surface area contributed by atoms with Crippen LogP contribution in [0.5, 0.6) is 0 Å². The molecule has 1 aliphatic rings. The highest BCUT2D eigenvalue weighted by Crippen LogP contribution is 2.40. The Hall–Kier alpha value is -3.32. The number of hydrogen-bond donors (Lipinski definition) is 2. The number of furan rings is 1. The average Bonchev–Trinajstić information content (AvgIpc) is 3.42. The van der Waals surface area contributed by atoms with Crippen molar-refractivity contribution in [3.63, 3.8) is 0 Å². The number of Topliss-reactive ketones (excluding diaryl/α,β-unsaturated/α-hetero) is 1. The lowest BCUT2D eigenvalue weighted by Gasteiger charge is -2.23. The number of ketones is 1. The van der Waals surface area contributed by atoms with Gasteiger partial charge in [-0.2, -0.15) is 0 Å². The SMILES string of the molecule is CN(C)CCCN1C(=O)C(=O)/C(=C(/O)c2c[nH]c3ccccc23)[C@@H]1c1ccco1. The van der Waals surface area contributed by atoms with Crippen molar-refractivity contribution in [2.24, 2.45) is 0 Å². The van der Waals surface area contributed by atoms with Gasteiger partial charge in [-0.3, -0.25) is 9.59 Å². The van der Waals surface area contributed by atoms with Gasteiger partial charge in [-0.1, -0.05) is 18.2 Å². The first-order chi connectivity index (χ1) is 14.0. The van der Waals surface area contributed by atoms with Crippen molar-refractivity contribution in [1.29, 1.82) is 0 Å². The molecular weight excluding hydrogens is 370 g/mol. The number of likely N-dealkylation sites (tertiary alicyclic amines) is 1. The van der Waals surface area contributed by atoms with Crippen molar-refractivity contribution >= 4 is 28.4 Å². The van der Waals surface area contributed by atoms with Gasteiger partial charge in [0.2, 0.25) is 0 Å². The molecule has 1 fully saturated rings. The second kappa shape index (κ2) is 7.60. The van der Waals surface area contributed by atoms with E-state index in [1.165, 1.54) is 11.2 Å². The molecule has 0 unspecified atom stereocenters. The summed E-state index contributed by atoms with van der Waals surface area (Å²) in [5.74, 6) is -1.06. The van der Waals surface area contributed by atoms with Crippen LogP contribution in [0.3, 0.4) is 0 Å². The van der Waals surface area contributed by atoms with Crippen molar-refractivity contribution in [3.8, 4) is 0 Å². The summed E-state index contributed by atoms with van der Waals surface area (Å²) >= 11 is 0. The molecule has 2 N–H and O–H groups in total. The Morgan fingerprint density at radius 3 is 2.72 bits per heavy atom. The topological polar surface area (TPSA) is 89.8 Å².